The van der Waals surface area contributed by atoms with Crippen molar-refractivity contribution in [2.45, 2.75) is 32.7 Å². The van der Waals surface area contributed by atoms with E-state index in [1.807, 2.05) is 50.2 Å². The number of hydrogen-bond donors (Lipinski definition) is 4. The van der Waals surface area contributed by atoms with Crippen LogP contribution in [0.4, 0.5) is 5.69 Å². The van der Waals surface area contributed by atoms with Gasteiger partial charge in [-0.2, -0.15) is 0 Å². The highest BCUT2D eigenvalue weighted by Crippen LogP contribution is 2.15. The fraction of sp³-hybridized carbons (Fsp3) is 0.241. The highest BCUT2D eigenvalue weighted by molar-refractivity contribution is 6.00. The van der Waals surface area contributed by atoms with Crippen molar-refractivity contribution in [2.75, 3.05) is 19.0 Å². The Labute approximate surface area is 222 Å². The minimum absolute atomic E-state index is 0.385. The van der Waals surface area contributed by atoms with Crippen LogP contribution < -0.4 is 20.7 Å². The average molecular weight is 520 g/mol. The Morgan fingerprint density at radius 1 is 0.868 bits per heavy atom. The van der Waals surface area contributed by atoms with Crippen molar-refractivity contribution in [3.05, 3.63) is 95.6 Å². The predicted octanol–water partition coefficient (Wildman–Crippen LogP) is 3.64. The fourth-order valence-corrected chi connectivity index (χ4v) is 3.45. The summed E-state index contributed by atoms with van der Waals surface area (Å²) in [6.07, 6.45) is 0.0336. The van der Waals surface area contributed by atoms with Gasteiger partial charge in [0.1, 0.15) is 11.8 Å². The Kier molecular flexibility index (Phi) is 12.0. The smallest absolute Gasteiger partial charge is 0.305 e. The largest absolute Gasteiger partial charge is 0.497 e. The number of carbonyl (C=O) groups is 4. The molecule has 0 aliphatic heterocycles. The van der Waals surface area contributed by atoms with E-state index >= 15 is 0 Å². The Hall–Kier alpha value is -4.66. The van der Waals surface area contributed by atoms with Gasteiger partial charge in [-0.15, -0.1) is 0 Å². The molecule has 200 valence electrons. The normalized spacial score (nSPS) is 10.7. The molecule has 0 spiro atoms. The molecule has 0 saturated carbocycles. The van der Waals surface area contributed by atoms with Crippen LogP contribution in [0.1, 0.15) is 41.8 Å². The number of amides is 3. The zero-order chi connectivity index (χ0) is 27.9. The first-order valence-corrected chi connectivity index (χ1v) is 12.2. The van der Waals surface area contributed by atoms with Gasteiger partial charge in [-0.3, -0.25) is 19.2 Å². The predicted molar refractivity (Wildman–Crippen MR) is 145 cm³/mol. The molecule has 4 N–H and O–H groups in total. The summed E-state index contributed by atoms with van der Waals surface area (Å²) in [6, 6.07) is 22.0. The van der Waals surface area contributed by atoms with Crippen molar-refractivity contribution in [3.8, 4) is 5.75 Å². The summed E-state index contributed by atoms with van der Waals surface area (Å²) in [6.45, 7) is 3.58. The molecule has 0 aliphatic carbocycles. The molecule has 0 radical (unpaired) electrons. The quantitative estimate of drug-likeness (QED) is 0.306. The van der Waals surface area contributed by atoms with E-state index in [4.69, 9.17) is 9.84 Å². The van der Waals surface area contributed by atoms with Crippen LogP contribution in [-0.2, 0) is 20.8 Å². The number of ether oxygens (including phenoxy) is 1. The summed E-state index contributed by atoms with van der Waals surface area (Å²) in [5.41, 5.74) is 2.84. The molecule has 0 saturated heterocycles. The van der Waals surface area contributed by atoms with E-state index in [9.17, 15) is 19.2 Å². The Balaban J connectivity index is 0.00000247. The molecule has 0 heterocycles. The summed E-state index contributed by atoms with van der Waals surface area (Å²) in [7, 11) is 1.51. The number of nitrogens with one attached hydrogen (secondary N) is 3. The summed E-state index contributed by atoms with van der Waals surface area (Å²) in [5, 5.41) is 16.6. The number of carbonyl (C=O) groups excluding carboxylic acids is 3. The number of rotatable bonds is 11. The fourth-order valence-electron chi connectivity index (χ4n) is 3.45. The molecule has 0 fully saturated rings. The van der Waals surface area contributed by atoms with Crippen molar-refractivity contribution in [2.24, 2.45) is 0 Å². The van der Waals surface area contributed by atoms with Crippen molar-refractivity contribution in [1.29, 1.82) is 0 Å². The molecule has 9 heteroatoms. The van der Waals surface area contributed by atoms with Crippen LogP contribution >= 0.6 is 0 Å². The van der Waals surface area contributed by atoms with E-state index in [-0.39, 0.29) is 0 Å². The van der Waals surface area contributed by atoms with Gasteiger partial charge in [0.2, 0.25) is 11.8 Å². The van der Waals surface area contributed by atoms with E-state index in [2.05, 4.69) is 16.0 Å². The molecule has 3 aromatic rings. The number of aliphatic carboxylic acids is 1. The van der Waals surface area contributed by atoms with Crippen LogP contribution in [0.2, 0.25) is 0 Å². The zero-order valence-electron chi connectivity index (χ0n) is 21.7. The van der Waals surface area contributed by atoms with Crippen LogP contribution in [0, 0.1) is 0 Å². The maximum Gasteiger partial charge on any atom is 0.305 e. The highest BCUT2D eigenvalue weighted by atomic mass is 16.5. The summed E-state index contributed by atoms with van der Waals surface area (Å²) >= 11 is 0. The summed E-state index contributed by atoms with van der Waals surface area (Å²) in [4.78, 5) is 48.8. The van der Waals surface area contributed by atoms with Gasteiger partial charge >= 0.3 is 5.97 Å². The number of anilines is 1. The van der Waals surface area contributed by atoms with Crippen LogP contribution in [0.15, 0.2) is 78.9 Å². The monoisotopic (exact) mass is 519 g/mol. The number of methoxy groups -OCH3 is 1. The lowest BCUT2D eigenvalue weighted by Crippen LogP contribution is -2.48. The Morgan fingerprint density at radius 3 is 2.16 bits per heavy atom. The molecule has 0 unspecified atom stereocenters. The maximum absolute atomic E-state index is 12.6. The molecular weight excluding hydrogens is 486 g/mol. The van der Waals surface area contributed by atoms with E-state index < -0.39 is 42.7 Å². The molecule has 3 rings (SSSR count). The lowest BCUT2D eigenvalue weighted by atomic mass is 10.0. The van der Waals surface area contributed by atoms with Crippen LogP contribution in [0.25, 0.3) is 0 Å². The highest BCUT2D eigenvalue weighted by Gasteiger charge is 2.24. The molecule has 1 atom stereocenters. The number of carboxylic acids is 1. The second-order valence-corrected chi connectivity index (χ2v) is 7.98. The first kappa shape index (κ1) is 29.6. The zero-order valence-corrected chi connectivity index (χ0v) is 21.7. The van der Waals surface area contributed by atoms with Crippen molar-refractivity contribution in [1.82, 2.24) is 10.6 Å². The van der Waals surface area contributed by atoms with Crippen LogP contribution in [-0.4, -0.2) is 48.5 Å². The molecule has 3 aromatic carbocycles. The summed E-state index contributed by atoms with van der Waals surface area (Å²) < 4.78 is 5.06. The summed E-state index contributed by atoms with van der Waals surface area (Å²) in [5.74, 6) is -2.53. The number of hydrogen-bond acceptors (Lipinski definition) is 5. The number of benzene rings is 3. The van der Waals surface area contributed by atoms with Gasteiger partial charge in [0.15, 0.2) is 0 Å². The van der Waals surface area contributed by atoms with Gasteiger partial charge in [-0.25, -0.2) is 0 Å². The Morgan fingerprint density at radius 2 is 1.53 bits per heavy atom. The minimum Gasteiger partial charge on any atom is -0.497 e. The second kappa shape index (κ2) is 15.5. The molecule has 38 heavy (non-hydrogen) atoms. The van der Waals surface area contributed by atoms with Gasteiger partial charge in [0.05, 0.1) is 20.1 Å². The minimum atomic E-state index is -1.33. The molecule has 0 aliphatic rings. The molecule has 0 bridgehead atoms. The van der Waals surface area contributed by atoms with E-state index in [1.54, 1.807) is 42.5 Å². The third kappa shape index (κ3) is 9.77. The van der Waals surface area contributed by atoms with E-state index in [0.29, 0.717) is 23.4 Å². The van der Waals surface area contributed by atoms with Gasteiger partial charge < -0.3 is 25.8 Å². The molecule has 9 nitrogen and oxygen atoms in total. The van der Waals surface area contributed by atoms with Gasteiger partial charge in [-0.1, -0.05) is 56.3 Å². The topological polar surface area (TPSA) is 134 Å². The van der Waals surface area contributed by atoms with Crippen molar-refractivity contribution < 1.29 is 29.0 Å². The molecular formula is C29H33N3O6. The SMILES string of the molecule is CC.COc1ccc(NC(=O)[C@H](CC(=O)O)NC(=O)CNC(=O)c2cccc(Cc3ccccc3)c2)cc1. The lowest BCUT2D eigenvalue weighted by molar-refractivity contribution is -0.139. The van der Waals surface area contributed by atoms with E-state index in [0.717, 1.165) is 11.1 Å². The lowest BCUT2D eigenvalue weighted by Gasteiger charge is -2.17. The maximum atomic E-state index is 12.6. The van der Waals surface area contributed by atoms with Gasteiger partial charge in [0, 0.05) is 11.3 Å². The first-order chi connectivity index (χ1) is 18.3. The van der Waals surface area contributed by atoms with Crippen LogP contribution in [0.3, 0.4) is 0 Å². The second-order valence-electron chi connectivity index (χ2n) is 7.98. The van der Waals surface area contributed by atoms with Gasteiger partial charge in [-0.05, 0) is 53.9 Å². The molecule has 3 amide bonds. The van der Waals surface area contributed by atoms with E-state index in [1.165, 1.54) is 7.11 Å². The van der Waals surface area contributed by atoms with Crippen LogP contribution in [0.5, 0.6) is 5.75 Å². The third-order valence-electron chi connectivity index (χ3n) is 5.24. The number of carboxylic acid groups (broad SMARTS) is 1. The van der Waals surface area contributed by atoms with Crippen molar-refractivity contribution >= 4 is 29.4 Å². The molecule has 0 aromatic heterocycles. The van der Waals surface area contributed by atoms with Gasteiger partial charge in [0.25, 0.3) is 5.91 Å². The first-order valence-electron chi connectivity index (χ1n) is 12.2. The Bertz CT molecular complexity index is 1210. The third-order valence-corrected chi connectivity index (χ3v) is 5.24. The van der Waals surface area contributed by atoms with Crippen molar-refractivity contribution in [3.63, 3.8) is 0 Å². The average Bonchev–Trinajstić information content (AvgIpc) is 2.93. The standard InChI is InChI=1S/C27H27N3O6.C2H6/c1-36-22-12-10-21(11-13-22)29-27(35)23(16-25(32)33)30-24(31)17-28-26(34)20-9-5-8-19(15-20)14-18-6-3-2-4-7-18;1-2/h2-13,15,23H,14,16-17H2,1H3,(H,28,34)(H,29,35)(H,30,31)(H,32,33);1-2H3/t23-;/m0./s1.